The molecule has 1 atom stereocenters. The van der Waals surface area contributed by atoms with Crippen LogP contribution in [0.4, 0.5) is 9.18 Å². The van der Waals surface area contributed by atoms with Gasteiger partial charge in [0.2, 0.25) is 0 Å². The Morgan fingerprint density at radius 1 is 1.03 bits per heavy atom. The lowest BCUT2D eigenvalue weighted by atomic mass is 10.0. The van der Waals surface area contributed by atoms with Gasteiger partial charge in [-0.3, -0.25) is 10.1 Å². The molecule has 1 amide bonds. The SMILES string of the molecule is CC(=O)OC[C@](C#Cc1ccc(F)cc1)(CO[Si](C)(C)C(C)(C)C)NC(=O)OC(C)(C)C. The fourth-order valence-electron chi connectivity index (χ4n) is 2.19. The molecule has 0 aliphatic carbocycles. The van der Waals surface area contributed by atoms with E-state index in [1.54, 1.807) is 20.8 Å². The number of hydrogen-bond acceptors (Lipinski definition) is 5. The van der Waals surface area contributed by atoms with Crippen molar-refractivity contribution in [2.45, 2.75) is 77.7 Å². The average molecular weight is 466 g/mol. The Balaban J connectivity index is 3.39. The molecule has 6 nitrogen and oxygen atoms in total. The Bertz CT molecular complexity index is 860. The third-order valence-electron chi connectivity index (χ3n) is 5.04. The van der Waals surface area contributed by atoms with Gasteiger partial charge < -0.3 is 13.9 Å². The number of amides is 1. The van der Waals surface area contributed by atoms with Gasteiger partial charge in [0.25, 0.3) is 0 Å². The molecule has 1 rings (SSSR count). The van der Waals surface area contributed by atoms with Crippen molar-refractivity contribution in [1.82, 2.24) is 5.32 Å². The largest absolute Gasteiger partial charge is 0.462 e. The Kier molecular flexibility index (Phi) is 9.07. The summed E-state index contributed by atoms with van der Waals surface area (Å²) in [5.41, 5.74) is -1.56. The van der Waals surface area contributed by atoms with Crippen LogP contribution in [0, 0.1) is 17.7 Å². The summed E-state index contributed by atoms with van der Waals surface area (Å²) >= 11 is 0. The van der Waals surface area contributed by atoms with Crippen molar-refractivity contribution >= 4 is 20.4 Å². The van der Waals surface area contributed by atoms with Crippen LogP contribution >= 0.6 is 0 Å². The number of nitrogens with one attached hydrogen (secondary N) is 1. The number of hydrogen-bond donors (Lipinski definition) is 1. The number of carbonyl (C=O) groups is 2. The first kappa shape index (κ1) is 27.7. The second-order valence-electron chi connectivity index (χ2n) is 10.3. The molecule has 0 unspecified atom stereocenters. The lowest BCUT2D eigenvalue weighted by Gasteiger charge is -2.39. The van der Waals surface area contributed by atoms with Gasteiger partial charge in [0.05, 0.1) is 6.61 Å². The van der Waals surface area contributed by atoms with Gasteiger partial charge in [-0.05, 0) is 63.2 Å². The van der Waals surface area contributed by atoms with Crippen LogP contribution in [-0.4, -0.2) is 44.7 Å². The fraction of sp³-hybridized carbons (Fsp3) is 0.583. The van der Waals surface area contributed by atoms with Gasteiger partial charge in [-0.15, -0.1) is 0 Å². The molecule has 0 radical (unpaired) electrons. The van der Waals surface area contributed by atoms with E-state index in [2.05, 4.69) is 51.0 Å². The highest BCUT2D eigenvalue weighted by atomic mass is 28.4. The van der Waals surface area contributed by atoms with Crippen LogP contribution in [0.3, 0.4) is 0 Å². The van der Waals surface area contributed by atoms with Crippen molar-refractivity contribution in [3.8, 4) is 11.8 Å². The minimum Gasteiger partial charge on any atom is -0.462 e. The molecule has 1 aromatic carbocycles. The highest BCUT2D eigenvalue weighted by Gasteiger charge is 2.42. The van der Waals surface area contributed by atoms with Gasteiger partial charge in [0.15, 0.2) is 13.9 Å². The molecule has 0 aromatic heterocycles. The molecule has 1 aromatic rings. The normalized spacial score (nSPS) is 13.9. The number of benzene rings is 1. The van der Waals surface area contributed by atoms with Crippen LogP contribution in [-0.2, 0) is 18.7 Å². The Hall–Kier alpha value is -2.37. The molecule has 0 aliphatic heterocycles. The van der Waals surface area contributed by atoms with Gasteiger partial charge in [0, 0.05) is 12.5 Å². The predicted octanol–water partition coefficient (Wildman–Crippen LogP) is 5.03. The zero-order valence-corrected chi connectivity index (χ0v) is 21.6. The third kappa shape index (κ3) is 9.41. The summed E-state index contributed by atoms with van der Waals surface area (Å²) in [6.07, 6.45) is -0.711. The van der Waals surface area contributed by atoms with Crippen molar-refractivity contribution in [1.29, 1.82) is 0 Å². The summed E-state index contributed by atoms with van der Waals surface area (Å²) in [5.74, 6) is 5.04. The zero-order chi connectivity index (χ0) is 24.8. The lowest BCUT2D eigenvalue weighted by Crippen LogP contribution is -2.58. The molecule has 0 bridgehead atoms. The second kappa shape index (κ2) is 10.5. The van der Waals surface area contributed by atoms with E-state index in [9.17, 15) is 14.0 Å². The summed E-state index contributed by atoms with van der Waals surface area (Å²) in [6.45, 7) is 16.7. The maximum Gasteiger partial charge on any atom is 0.409 e. The maximum absolute atomic E-state index is 13.3. The van der Waals surface area contributed by atoms with Gasteiger partial charge in [0.1, 0.15) is 18.0 Å². The summed E-state index contributed by atoms with van der Waals surface area (Å²) in [4.78, 5) is 24.2. The van der Waals surface area contributed by atoms with Crippen molar-refractivity contribution in [3.63, 3.8) is 0 Å². The number of ether oxygens (including phenoxy) is 2. The molecule has 0 aliphatic rings. The average Bonchev–Trinajstić information content (AvgIpc) is 2.61. The topological polar surface area (TPSA) is 73.9 Å². The quantitative estimate of drug-likeness (QED) is 0.363. The molecule has 0 spiro atoms. The van der Waals surface area contributed by atoms with E-state index in [1.807, 2.05) is 0 Å². The number of esters is 1. The van der Waals surface area contributed by atoms with Crippen LogP contribution in [0.15, 0.2) is 24.3 Å². The Morgan fingerprint density at radius 2 is 1.59 bits per heavy atom. The van der Waals surface area contributed by atoms with Gasteiger partial charge in [-0.25, -0.2) is 9.18 Å². The summed E-state index contributed by atoms with van der Waals surface area (Å²) < 4.78 is 30.3. The fourth-order valence-corrected chi connectivity index (χ4v) is 3.23. The first-order valence-electron chi connectivity index (χ1n) is 10.5. The smallest absolute Gasteiger partial charge is 0.409 e. The number of halogens is 1. The molecule has 0 saturated heterocycles. The van der Waals surface area contributed by atoms with Crippen molar-refractivity contribution < 1.29 is 27.9 Å². The van der Waals surface area contributed by atoms with Crippen LogP contribution in [0.1, 0.15) is 54.0 Å². The second-order valence-corrected chi connectivity index (χ2v) is 15.1. The first-order chi connectivity index (χ1) is 14.4. The molecule has 32 heavy (non-hydrogen) atoms. The van der Waals surface area contributed by atoms with Crippen LogP contribution in [0.2, 0.25) is 18.1 Å². The van der Waals surface area contributed by atoms with Crippen LogP contribution in [0.25, 0.3) is 0 Å². The summed E-state index contributed by atoms with van der Waals surface area (Å²) in [5, 5.41) is 2.67. The maximum atomic E-state index is 13.3. The van der Waals surface area contributed by atoms with E-state index in [-0.39, 0.29) is 24.1 Å². The molecule has 0 fully saturated rings. The van der Waals surface area contributed by atoms with Crippen molar-refractivity contribution in [2.75, 3.05) is 13.2 Å². The zero-order valence-electron chi connectivity index (χ0n) is 20.6. The summed E-state index contributed by atoms with van der Waals surface area (Å²) in [6, 6.07) is 5.65. The van der Waals surface area contributed by atoms with E-state index in [1.165, 1.54) is 31.2 Å². The molecule has 0 heterocycles. The molecular weight excluding hydrogens is 429 g/mol. The molecular formula is C24H36FNO5Si. The van der Waals surface area contributed by atoms with E-state index in [0.717, 1.165) is 0 Å². The number of carbonyl (C=O) groups excluding carboxylic acids is 2. The van der Waals surface area contributed by atoms with E-state index in [0.29, 0.717) is 5.56 Å². The first-order valence-corrected chi connectivity index (χ1v) is 13.4. The lowest BCUT2D eigenvalue weighted by molar-refractivity contribution is -0.142. The highest BCUT2D eigenvalue weighted by Crippen LogP contribution is 2.37. The highest BCUT2D eigenvalue weighted by molar-refractivity contribution is 6.74. The minimum absolute atomic E-state index is 0.00971. The van der Waals surface area contributed by atoms with E-state index < -0.39 is 31.5 Å². The van der Waals surface area contributed by atoms with Crippen molar-refractivity contribution in [2.24, 2.45) is 0 Å². The van der Waals surface area contributed by atoms with E-state index in [4.69, 9.17) is 13.9 Å². The van der Waals surface area contributed by atoms with Gasteiger partial charge in [-0.2, -0.15) is 0 Å². The predicted molar refractivity (Wildman–Crippen MR) is 125 cm³/mol. The molecule has 0 saturated carbocycles. The van der Waals surface area contributed by atoms with Crippen molar-refractivity contribution in [3.05, 3.63) is 35.6 Å². The monoisotopic (exact) mass is 465 g/mol. The third-order valence-corrected chi connectivity index (χ3v) is 9.52. The summed E-state index contributed by atoms with van der Waals surface area (Å²) in [7, 11) is -2.23. The molecule has 178 valence electrons. The Labute approximate surface area is 192 Å². The van der Waals surface area contributed by atoms with Crippen LogP contribution < -0.4 is 5.32 Å². The van der Waals surface area contributed by atoms with Crippen LogP contribution in [0.5, 0.6) is 0 Å². The minimum atomic E-state index is -2.23. The number of rotatable bonds is 6. The van der Waals surface area contributed by atoms with Gasteiger partial charge in [-0.1, -0.05) is 32.6 Å². The molecule has 8 heteroatoms. The number of alkyl carbamates (subject to hydrolysis) is 1. The van der Waals surface area contributed by atoms with Gasteiger partial charge >= 0.3 is 12.1 Å². The standard InChI is InChI=1S/C24H36FNO5Si/c1-18(27)29-16-24(26-21(28)31-22(2,3)4,17-30-32(8,9)23(5,6)7)15-14-19-10-12-20(25)13-11-19/h10-13H,16-17H2,1-9H3,(H,26,28)/t24-/m1/s1. The Morgan fingerprint density at radius 3 is 2.06 bits per heavy atom. The van der Waals surface area contributed by atoms with E-state index >= 15 is 0 Å². The molecule has 1 N–H and O–H groups in total.